The van der Waals surface area contributed by atoms with Crippen LogP contribution in [0, 0.1) is 5.41 Å². The van der Waals surface area contributed by atoms with E-state index in [2.05, 4.69) is 10.6 Å². The molecular weight excluding hydrogens is 287 g/mol. The molecule has 0 bridgehead atoms. The maximum Gasteiger partial charge on any atom is 0.231 e. The summed E-state index contributed by atoms with van der Waals surface area (Å²) in [6.07, 6.45) is 1.58. The Labute approximate surface area is 122 Å². The molecule has 0 aliphatic carbocycles. The van der Waals surface area contributed by atoms with Crippen molar-refractivity contribution in [3.05, 3.63) is 22.2 Å². The zero-order valence-corrected chi connectivity index (χ0v) is 12.1. The van der Waals surface area contributed by atoms with Gasteiger partial charge in [0.1, 0.15) is 0 Å². The lowest BCUT2D eigenvalue weighted by Gasteiger charge is -2.25. The van der Waals surface area contributed by atoms with E-state index in [0.717, 1.165) is 19.4 Å². The quantitative estimate of drug-likeness (QED) is 0.752. The summed E-state index contributed by atoms with van der Waals surface area (Å²) in [6.45, 7) is 3.52. The van der Waals surface area contributed by atoms with Crippen molar-refractivity contribution in [3.8, 4) is 5.75 Å². The van der Waals surface area contributed by atoms with Crippen molar-refractivity contribution in [2.24, 2.45) is 5.41 Å². The van der Waals surface area contributed by atoms with Crippen LogP contribution < -0.4 is 10.6 Å². The van der Waals surface area contributed by atoms with Gasteiger partial charge in [-0.1, -0.05) is 30.1 Å². The van der Waals surface area contributed by atoms with Crippen LogP contribution in [0.5, 0.6) is 5.75 Å². The first-order valence-electron chi connectivity index (χ1n) is 6.19. The van der Waals surface area contributed by atoms with Crippen LogP contribution in [0.2, 0.25) is 10.0 Å². The fourth-order valence-electron chi connectivity index (χ4n) is 2.30. The van der Waals surface area contributed by atoms with Crippen LogP contribution in [-0.4, -0.2) is 24.1 Å². The first-order chi connectivity index (χ1) is 8.98. The van der Waals surface area contributed by atoms with Crippen molar-refractivity contribution in [2.45, 2.75) is 19.8 Å². The van der Waals surface area contributed by atoms with E-state index in [9.17, 15) is 9.90 Å². The number of aromatic hydroxyl groups is 1. The Kier molecular flexibility index (Phi) is 4.23. The largest absolute Gasteiger partial charge is 0.505 e. The van der Waals surface area contributed by atoms with Gasteiger partial charge in [0.05, 0.1) is 15.5 Å². The average Bonchev–Trinajstić information content (AvgIpc) is 2.85. The SMILES string of the molecule is CCC1(C(=O)Nc2cc(Cl)c(O)c(Cl)c2)CCNC1. The summed E-state index contributed by atoms with van der Waals surface area (Å²) in [5, 5.41) is 15.8. The topological polar surface area (TPSA) is 61.4 Å². The van der Waals surface area contributed by atoms with E-state index < -0.39 is 0 Å². The predicted octanol–water partition coefficient (Wildman–Crippen LogP) is 3.03. The molecule has 0 radical (unpaired) electrons. The number of nitrogens with one attached hydrogen (secondary N) is 2. The van der Waals surface area contributed by atoms with Crippen LogP contribution in [0.3, 0.4) is 0 Å². The van der Waals surface area contributed by atoms with Crippen LogP contribution in [-0.2, 0) is 4.79 Å². The molecule has 0 saturated carbocycles. The highest BCUT2D eigenvalue weighted by molar-refractivity contribution is 6.37. The number of phenolic OH excluding ortho intramolecular Hbond substituents is 1. The van der Waals surface area contributed by atoms with Crippen LogP contribution in [0.4, 0.5) is 5.69 Å². The number of halogens is 2. The van der Waals surface area contributed by atoms with E-state index in [1.807, 2.05) is 6.92 Å². The Balaban J connectivity index is 2.19. The van der Waals surface area contributed by atoms with Gasteiger partial charge >= 0.3 is 0 Å². The van der Waals surface area contributed by atoms with Gasteiger partial charge in [-0.05, 0) is 31.5 Å². The molecule has 1 fully saturated rings. The molecule has 6 heteroatoms. The molecule has 1 saturated heterocycles. The molecule has 1 heterocycles. The van der Waals surface area contributed by atoms with Crippen molar-refractivity contribution in [1.82, 2.24) is 5.32 Å². The highest BCUT2D eigenvalue weighted by atomic mass is 35.5. The summed E-state index contributed by atoms with van der Waals surface area (Å²) in [5.74, 6) is -0.216. The molecule has 19 heavy (non-hydrogen) atoms. The van der Waals surface area contributed by atoms with E-state index in [4.69, 9.17) is 23.2 Å². The zero-order chi connectivity index (χ0) is 14.0. The summed E-state index contributed by atoms with van der Waals surface area (Å²) in [4.78, 5) is 12.4. The molecule has 1 aliphatic rings. The zero-order valence-electron chi connectivity index (χ0n) is 10.6. The van der Waals surface area contributed by atoms with Crippen molar-refractivity contribution in [3.63, 3.8) is 0 Å². The molecule has 104 valence electrons. The maximum atomic E-state index is 12.4. The summed E-state index contributed by atoms with van der Waals surface area (Å²) in [5.41, 5.74) is 0.120. The number of benzene rings is 1. The van der Waals surface area contributed by atoms with Crippen molar-refractivity contribution in [1.29, 1.82) is 0 Å². The third-order valence-corrected chi connectivity index (χ3v) is 4.25. The van der Waals surface area contributed by atoms with Gasteiger partial charge < -0.3 is 15.7 Å². The first kappa shape index (κ1) is 14.4. The van der Waals surface area contributed by atoms with Gasteiger partial charge in [-0.3, -0.25) is 4.79 Å². The lowest BCUT2D eigenvalue weighted by atomic mass is 9.83. The Bertz CT molecular complexity index is 476. The molecule has 1 unspecified atom stereocenters. The molecule has 1 amide bonds. The number of rotatable bonds is 3. The summed E-state index contributed by atoms with van der Waals surface area (Å²) in [7, 11) is 0. The van der Waals surface area contributed by atoms with Crippen LogP contribution in [0.25, 0.3) is 0 Å². The Morgan fingerprint density at radius 2 is 2.11 bits per heavy atom. The number of carbonyl (C=O) groups excluding carboxylic acids is 1. The fourth-order valence-corrected chi connectivity index (χ4v) is 2.79. The molecule has 1 aliphatic heterocycles. The number of anilines is 1. The third-order valence-electron chi connectivity index (χ3n) is 3.68. The molecule has 0 aromatic heterocycles. The van der Waals surface area contributed by atoms with Crippen LogP contribution in [0.15, 0.2) is 12.1 Å². The standard InChI is InChI=1S/C13H16Cl2N2O2/c1-2-13(3-4-16-7-13)12(19)17-8-5-9(14)11(18)10(15)6-8/h5-6,16,18H,2-4,7H2,1H3,(H,17,19). The third kappa shape index (κ3) is 2.81. The minimum Gasteiger partial charge on any atom is -0.505 e. The summed E-state index contributed by atoms with van der Waals surface area (Å²) in [6, 6.07) is 2.98. The second-order valence-electron chi connectivity index (χ2n) is 4.80. The first-order valence-corrected chi connectivity index (χ1v) is 6.94. The van der Waals surface area contributed by atoms with Gasteiger partial charge in [0.25, 0.3) is 0 Å². The fraction of sp³-hybridized carbons (Fsp3) is 0.462. The van der Waals surface area contributed by atoms with Gasteiger partial charge in [0, 0.05) is 12.2 Å². The second kappa shape index (κ2) is 5.57. The second-order valence-corrected chi connectivity index (χ2v) is 5.62. The van der Waals surface area contributed by atoms with E-state index in [0.29, 0.717) is 12.2 Å². The molecule has 1 aromatic rings. The van der Waals surface area contributed by atoms with Crippen molar-refractivity contribution >= 4 is 34.8 Å². The predicted molar refractivity (Wildman–Crippen MR) is 77.0 cm³/mol. The lowest BCUT2D eigenvalue weighted by Crippen LogP contribution is -2.37. The van der Waals surface area contributed by atoms with E-state index in [1.54, 1.807) is 0 Å². The number of hydrogen-bond acceptors (Lipinski definition) is 3. The lowest BCUT2D eigenvalue weighted by molar-refractivity contribution is -0.124. The van der Waals surface area contributed by atoms with E-state index in [1.165, 1.54) is 12.1 Å². The van der Waals surface area contributed by atoms with Crippen molar-refractivity contribution < 1.29 is 9.90 Å². The molecule has 1 atom stereocenters. The van der Waals surface area contributed by atoms with Gasteiger partial charge in [-0.2, -0.15) is 0 Å². The molecule has 2 rings (SSSR count). The van der Waals surface area contributed by atoms with Gasteiger partial charge in [0.2, 0.25) is 5.91 Å². The van der Waals surface area contributed by atoms with Gasteiger partial charge in [-0.25, -0.2) is 0 Å². The van der Waals surface area contributed by atoms with Crippen molar-refractivity contribution in [2.75, 3.05) is 18.4 Å². The molecular formula is C13H16Cl2N2O2. The van der Waals surface area contributed by atoms with Crippen LogP contribution in [0.1, 0.15) is 19.8 Å². The Morgan fingerprint density at radius 1 is 1.47 bits per heavy atom. The molecule has 1 aromatic carbocycles. The highest BCUT2D eigenvalue weighted by Gasteiger charge is 2.39. The highest BCUT2D eigenvalue weighted by Crippen LogP contribution is 2.36. The van der Waals surface area contributed by atoms with Gasteiger partial charge in [0.15, 0.2) is 5.75 Å². The minimum atomic E-state index is -0.378. The van der Waals surface area contributed by atoms with E-state index >= 15 is 0 Å². The summed E-state index contributed by atoms with van der Waals surface area (Å²) >= 11 is 11.7. The van der Waals surface area contributed by atoms with Crippen LogP contribution >= 0.6 is 23.2 Å². The monoisotopic (exact) mass is 302 g/mol. The van der Waals surface area contributed by atoms with E-state index in [-0.39, 0.29) is 27.1 Å². The minimum absolute atomic E-state index is 0.0437. The number of amides is 1. The molecule has 0 spiro atoms. The molecule has 3 N–H and O–H groups in total. The Hall–Kier alpha value is -0.970. The average molecular weight is 303 g/mol. The summed E-state index contributed by atoms with van der Waals surface area (Å²) < 4.78 is 0. The smallest absolute Gasteiger partial charge is 0.231 e. The number of carbonyl (C=O) groups is 1. The van der Waals surface area contributed by atoms with Gasteiger partial charge in [-0.15, -0.1) is 0 Å². The number of phenols is 1. The Morgan fingerprint density at radius 3 is 2.58 bits per heavy atom. The molecule has 4 nitrogen and oxygen atoms in total. The maximum absolute atomic E-state index is 12.4. The normalized spacial score (nSPS) is 22.5. The number of hydrogen-bond donors (Lipinski definition) is 3.